The number of nitrogens with zero attached hydrogens (tertiary/aromatic N) is 2. The van der Waals surface area contributed by atoms with Crippen LogP contribution in [0.1, 0.15) is 50.3 Å². The van der Waals surface area contributed by atoms with E-state index in [4.69, 9.17) is 5.73 Å². The van der Waals surface area contributed by atoms with E-state index < -0.39 is 9.84 Å². The minimum atomic E-state index is -2.94. The smallest absolute Gasteiger partial charge is 0.150 e. The van der Waals surface area contributed by atoms with Crippen molar-refractivity contribution in [3.8, 4) is 0 Å². The van der Waals surface area contributed by atoms with Crippen LogP contribution in [0.25, 0.3) is 0 Å². The third-order valence-electron chi connectivity index (χ3n) is 3.73. The number of aromatic nitrogens is 2. The maximum absolute atomic E-state index is 11.6. The van der Waals surface area contributed by atoms with Gasteiger partial charge < -0.3 is 5.73 Å². The molecule has 0 aromatic carbocycles. The van der Waals surface area contributed by atoms with Crippen molar-refractivity contribution in [2.24, 2.45) is 5.73 Å². The summed E-state index contributed by atoms with van der Waals surface area (Å²) in [7, 11) is -2.94. The van der Waals surface area contributed by atoms with Crippen LogP contribution in [-0.4, -0.2) is 29.7 Å². The third kappa shape index (κ3) is 2.92. The van der Waals surface area contributed by atoms with Gasteiger partial charge in [0, 0.05) is 24.1 Å². The van der Waals surface area contributed by atoms with Crippen molar-refractivity contribution in [3.63, 3.8) is 0 Å². The van der Waals surface area contributed by atoms with Crippen molar-refractivity contribution in [1.29, 1.82) is 0 Å². The highest BCUT2D eigenvalue weighted by molar-refractivity contribution is 7.91. The molecule has 1 aliphatic carbocycles. The summed E-state index contributed by atoms with van der Waals surface area (Å²) >= 11 is 0. The summed E-state index contributed by atoms with van der Waals surface area (Å²) in [4.78, 5) is 0. The summed E-state index contributed by atoms with van der Waals surface area (Å²) in [6.07, 6.45) is 8.42. The van der Waals surface area contributed by atoms with Crippen LogP contribution in [0.2, 0.25) is 0 Å². The van der Waals surface area contributed by atoms with Gasteiger partial charge in [-0.2, -0.15) is 5.10 Å². The molecule has 0 amide bonds. The average molecular weight is 271 g/mol. The number of sulfone groups is 1. The van der Waals surface area contributed by atoms with Crippen molar-refractivity contribution < 1.29 is 8.42 Å². The highest BCUT2D eigenvalue weighted by atomic mass is 32.2. The molecule has 1 aliphatic rings. The highest BCUT2D eigenvalue weighted by Crippen LogP contribution is 2.31. The minimum absolute atomic E-state index is 0.0342. The van der Waals surface area contributed by atoms with E-state index in [2.05, 4.69) is 5.10 Å². The molecule has 1 fully saturated rings. The molecule has 1 aromatic rings. The van der Waals surface area contributed by atoms with E-state index in [1.54, 1.807) is 6.20 Å². The van der Waals surface area contributed by atoms with Gasteiger partial charge in [-0.3, -0.25) is 4.68 Å². The molecule has 5 nitrogen and oxygen atoms in total. The molecule has 1 heterocycles. The fraction of sp³-hybridized carbons (Fsp3) is 0.750. The van der Waals surface area contributed by atoms with Gasteiger partial charge in [0.2, 0.25) is 0 Å². The summed E-state index contributed by atoms with van der Waals surface area (Å²) in [5, 5.41) is 4.10. The Hall–Kier alpha value is -0.880. The van der Waals surface area contributed by atoms with Crippen molar-refractivity contribution in [2.45, 2.75) is 49.9 Å². The molecule has 0 aliphatic heterocycles. The van der Waals surface area contributed by atoms with E-state index in [1.165, 1.54) is 6.26 Å². The standard InChI is InChI=1S/C12H21N3O2S/c1-9(13)10-7-14-15(8-10)11-4-3-5-12(6-11)18(2,16)17/h7-9,11-12H,3-6,13H2,1-2H3. The van der Waals surface area contributed by atoms with Gasteiger partial charge in [-0.15, -0.1) is 0 Å². The molecule has 2 rings (SSSR count). The van der Waals surface area contributed by atoms with Gasteiger partial charge in [0.1, 0.15) is 9.84 Å². The molecule has 102 valence electrons. The highest BCUT2D eigenvalue weighted by Gasteiger charge is 2.30. The maximum Gasteiger partial charge on any atom is 0.150 e. The van der Waals surface area contributed by atoms with Gasteiger partial charge in [-0.1, -0.05) is 6.42 Å². The van der Waals surface area contributed by atoms with Gasteiger partial charge in [-0.05, 0) is 26.2 Å². The number of nitrogens with two attached hydrogens (primary N) is 1. The second-order valence-electron chi connectivity index (χ2n) is 5.31. The molecule has 0 saturated heterocycles. The first kappa shape index (κ1) is 13.5. The maximum atomic E-state index is 11.6. The van der Waals surface area contributed by atoms with E-state index in [9.17, 15) is 8.42 Å². The Labute approximate surface area is 108 Å². The summed E-state index contributed by atoms with van der Waals surface area (Å²) in [6.45, 7) is 1.92. The van der Waals surface area contributed by atoms with Crippen LogP contribution in [0, 0.1) is 0 Å². The van der Waals surface area contributed by atoms with E-state index >= 15 is 0 Å². The first-order valence-corrected chi connectivity index (χ1v) is 8.32. The van der Waals surface area contributed by atoms with Gasteiger partial charge in [-0.25, -0.2) is 8.42 Å². The lowest BCUT2D eigenvalue weighted by Gasteiger charge is -2.28. The van der Waals surface area contributed by atoms with E-state index in [0.717, 1.165) is 24.8 Å². The molecule has 0 spiro atoms. The van der Waals surface area contributed by atoms with E-state index in [-0.39, 0.29) is 17.3 Å². The predicted octanol–water partition coefficient (Wildman–Crippen LogP) is 1.43. The average Bonchev–Trinajstić information content (AvgIpc) is 2.77. The summed E-state index contributed by atoms with van der Waals surface area (Å²) in [5.74, 6) is 0. The Bertz CT molecular complexity index is 507. The normalized spacial score (nSPS) is 27.1. The molecule has 3 atom stereocenters. The molecule has 6 heteroatoms. The zero-order chi connectivity index (χ0) is 13.3. The number of hydrogen-bond donors (Lipinski definition) is 1. The fourth-order valence-electron chi connectivity index (χ4n) is 2.54. The molecule has 1 saturated carbocycles. The molecule has 0 radical (unpaired) electrons. The lowest BCUT2D eigenvalue weighted by atomic mass is 9.95. The monoisotopic (exact) mass is 271 g/mol. The van der Waals surface area contributed by atoms with Gasteiger partial charge in [0.15, 0.2) is 0 Å². The second kappa shape index (κ2) is 5.01. The minimum Gasteiger partial charge on any atom is -0.324 e. The van der Waals surface area contributed by atoms with Crippen molar-refractivity contribution in [3.05, 3.63) is 18.0 Å². The lowest BCUT2D eigenvalue weighted by molar-refractivity contribution is 0.329. The number of rotatable bonds is 3. The van der Waals surface area contributed by atoms with Crippen LogP contribution < -0.4 is 5.73 Å². The van der Waals surface area contributed by atoms with Crippen LogP contribution in [0.5, 0.6) is 0 Å². The van der Waals surface area contributed by atoms with Gasteiger partial charge in [0.05, 0.1) is 17.5 Å². The summed E-state index contributed by atoms with van der Waals surface area (Å²) < 4.78 is 25.1. The second-order valence-corrected chi connectivity index (χ2v) is 7.64. The lowest BCUT2D eigenvalue weighted by Crippen LogP contribution is -2.29. The molecular formula is C12H21N3O2S. The Morgan fingerprint density at radius 2 is 2.22 bits per heavy atom. The first-order chi connectivity index (χ1) is 8.38. The number of hydrogen-bond acceptors (Lipinski definition) is 4. The topological polar surface area (TPSA) is 78.0 Å². The molecule has 0 bridgehead atoms. The van der Waals surface area contributed by atoms with Gasteiger partial charge >= 0.3 is 0 Å². The third-order valence-corrected chi connectivity index (χ3v) is 5.36. The van der Waals surface area contributed by atoms with Crippen LogP contribution >= 0.6 is 0 Å². The van der Waals surface area contributed by atoms with Crippen molar-refractivity contribution >= 4 is 9.84 Å². The molecule has 18 heavy (non-hydrogen) atoms. The largest absolute Gasteiger partial charge is 0.324 e. The quantitative estimate of drug-likeness (QED) is 0.902. The summed E-state index contributed by atoms with van der Waals surface area (Å²) in [6, 6.07) is 0.152. The molecular weight excluding hydrogens is 250 g/mol. The Balaban J connectivity index is 2.13. The van der Waals surface area contributed by atoms with Crippen LogP contribution in [0.15, 0.2) is 12.4 Å². The van der Waals surface area contributed by atoms with Crippen molar-refractivity contribution in [1.82, 2.24) is 9.78 Å². The molecule has 2 N–H and O–H groups in total. The predicted molar refractivity (Wildman–Crippen MR) is 71.0 cm³/mol. The van der Waals surface area contributed by atoms with E-state index in [0.29, 0.717) is 6.42 Å². The Morgan fingerprint density at radius 3 is 2.78 bits per heavy atom. The molecule has 1 aromatic heterocycles. The first-order valence-electron chi connectivity index (χ1n) is 6.36. The molecule has 3 unspecified atom stereocenters. The summed E-state index contributed by atoms with van der Waals surface area (Å²) in [5.41, 5.74) is 6.80. The zero-order valence-corrected chi connectivity index (χ0v) is 11.7. The Kier molecular flexibility index (Phi) is 3.77. The van der Waals surface area contributed by atoms with E-state index in [1.807, 2.05) is 17.8 Å². The SMILES string of the molecule is CC(N)c1cnn(C2CCCC(S(C)(=O)=O)C2)c1. The van der Waals surface area contributed by atoms with Crippen LogP contribution in [-0.2, 0) is 9.84 Å². The zero-order valence-electron chi connectivity index (χ0n) is 10.9. The Morgan fingerprint density at radius 1 is 1.50 bits per heavy atom. The fourth-order valence-corrected chi connectivity index (χ4v) is 3.70. The van der Waals surface area contributed by atoms with Crippen LogP contribution in [0.3, 0.4) is 0 Å². The van der Waals surface area contributed by atoms with Crippen molar-refractivity contribution in [2.75, 3.05) is 6.26 Å². The van der Waals surface area contributed by atoms with Gasteiger partial charge in [0.25, 0.3) is 0 Å². The van der Waals surface area contributed by atoms with Crippen LogP contribution in [0.4, 0.5) is 0 Å².